The third kappa shape index (κ3) is 3.08. The van der Waals surface area contributed by atoms with Crippen molar-refractivity contribution in [3.8, 4) is 11.8 Å². The lowest BCUT2D eigenvalue weighted by molar-refractivity contribution is 0.310. The summed E-state index contributed by atoms with van der Waals surface area (Å²) in [5.74, 6) is 1.89. The van der Waals surface area contributed by atoms with E-state index in [2.05, 4.69) is 26.3 Å². The molecule has 6 nitrogen and oxygen atoms in total. The van der Waals surface area contributed by atoms with Gasteiger partial charge in [-0.1, -0.05) is 18.2 Å². The van der Waals surface area contributed by atoms with E-state index in [-0.39, 0.29) is 0 Å². The molecule has 0 fully saturated rings. The summed E-state index contributed by atoms with van der Waals surface area (Å²) < 4.78 is 5.68. The maximum Gasteiger partial charge on any atom is 0.229 e. The molecule has 0 aliphatic carbocycles. The van der Waals surface area contributed by atoms with Crippen LogP contribution in [0.5, 0.6) is 5.75 Å². The first-order valence-corrected chi connectivity index (χ1v) is 7.93. The quantitative estimate of drug-likeness (QED) is 0.791. The van der Waals surface area contributed by atoms with E-state index in [9.17, 15) is 0 Å². The molecular weight excluding hydrogens is 314 g/mol. The number of benzene rings is 2. The molecule has 1 aliphatic heterocycles. The van der Waals surface area contributed by atoms with Crippen molar-refractivity contribution in [2.24, 2.45) is 0 Å². The van der Waals surface area contributed by atoms with Crippen LogP contribution >= 0.6 is 0 Å². The first-order chi connectivity index (χ1) is 12.3. The van der Waals surface area contributed by atoms with Crippen molar-refractivity contribution in [2.45, 2.75) is 0 Å². The monoisotopic (exact) mass is 329 g/mol. The number of para-hydroxylation sites is 1. The molecule has 1 aromatic heterocycles. The van der Waals surface area contributed by atoms with Crippen LogP contribution in [0.4, 0.5) is 23.1 Å². The largest absolute Gasteiger partial charge is 0.486 e. The summed E-state index contributed by atoms with van der Waals surface area (Å²) in [6.45, 7) is 1.32. The van der Waals surface area contributed by atoms with E-state index in [1.54, 1.807) is 18.3 Å². The number of nitriles is 1. The van der Waals surface area contributed by atoms with Crippen molar-refractivity contribution in [3.05, 3.63) is 66.4 Å². The van der Waals surface area contributed by atoms with Crippen LogP contribution < -0.4 is 15.0 Å². The zero-order valence-electron chi connectivity index (χ0n) is 13.4. The van der Waals surface area contributed by atoms with E-state index in [1.807, 2.05) is 42.5 Å². The molecule has 0 unspecified atom stereocenters. The van der Waals surface area contributed by atoms with E-state index >= 15 is 0 Å². The number of aromatic nitrogens is 2. The minimum absolute atomic E-state index is 0.481. The molecule has 2 heterocycles. The van der Waals surface area contributed by atoms with Gasteiger partial charge in [0.15, 0.2) is 11.6 Å². The third-order valence-corrected chi connectivity index (χ3v) is 3.90. The minimum Gasteiger partial charge on any atom is -0.486 e. The average Bonchev–Trinajstić information content (AvgIpc) is 2.69. The van der Waals surface area contributed by atoms with Crippen molar-refractivity contribution in [3.63, 3.8) is 0 Å². The van der Waals surface area contributed by atoms with Gasteiger partial charge in [-0.3, -0.25) is 0 Å². The van der Waals surface area contributed by atoms with E-state index in [0.717, 1.165) is 23.7 Å². The molecule has 0 bridgehead atoms. The van der Waals surface area contributed by atoms with Gasteiger partial charge in [-0.05, 0) is 36.4 Å². The second kappa shape index (κ2) is 6.49. The van der Waals surface area contributed by atoms with Gasteiger partial charge in [0.2, 0.25) is 5.95 Å². The van der Waals surface area contributed by atoms with Gasteiger partial charge in [0, 0.05) is 11.4 Å². The summed E-state index contributed by atoms with van der Waals surface area (Å²) in [6.07, 6.45) is 1.68. The zero-order chi connectivity index (χ0) is 17.1. The molecule has 0 atom stereocenters. The van der Waals surface area contributed by atoms with E-state index < -0.39 is 0 Å². The van der Waals surface area contributed by atoms with Gasteiger partial charge < -0.3 is 15.0 Å². The van der Waals surface area contributed by atoms with Gasteiger partial charge >= 0.3 is 0 Å². The molecule has 1 aliphatic rings. The van der Waals surface area contributed by atoms with Gasteiger partial charge in [0.25, 0.3) is 0 Å². The van der Waals surface area contributed by atoms with E-state index in [4.69, 9.17) is 10.00 Å². The second-order valence-electron chi connectivity index (χ2n) is 5.53. The van der Waals surface area contributed by atoms with Gasteiger partial charge in [0.05, 0.1) is 24.4 Å². The Labute approximate surface area is 145 Å². The van der Waals surface area contributed by atoms with Crippen LogP contribution in [0.1, 0.15) is 5.56 Å². The highest BCUT2D eigenvalue weighted by molar-refractivity contribution is 5.68. The van der Waals surface area contributed by atoms with Gasteiger partial charge in [0.1, 0.15) is 6.61 Å². The number of ether oxygens (including phenoxy) is 1. The van der Waals surface area contributed by atoms with E-state index in [1.165, 1.54) is 0 Å². The van der Waals surface area contributed by atoms with Crippen molar-refractivity contribution in [1.82, 2.24) is 9.97 Å². The van der Waals surface area contributed by atoms with Crippen molar-refractivity contribution < 1.29 is 4.74 Å². The summed E-state index contributed by atoms with van der Waals surface area (Å²) in [4.78, 5) is 11.1. The first-order valence-electron chi connectivity index (χ1n) is 7.93. The Kier molecular flexibility index (Phi) is 3.89. The van der Waals surface area contributed by atoms with Crippen molar-refractivity contribution >= 4 is 23.1 Å². The Balaban J connectivity index is 1.64. The SMILES string of the molecule is N#Cc1ccc(Nc2ncc3c(n2)N(c2ccccc2)CCO3)cc1. The minimum atomic E-state index is 0.481. The number of nitrogens with zero attached hydrogens (tertiary/aromatic N) is 4. The van der Waals surface area contributed by atoms with E-state index in [0.29, 0.717) is 23.9 Å². The average molecular weight is 329 g/mol. The molecule has 1 N–H and O–H groups in total. The number of hydrogen-bond acceptors (Lipinski definition) is 6. The lowest BCUT2D eigenvalue weighted by atomic mass is 10.2. The van der Waals surface area contributed by atoms with Gasteiger partial charge in [-0.2, -0.15) is 10.2 Å². The summed E-state index contributed by atoms with van der Waals surface area (Å²) in [7, 11) is 0. The van der Waals surface area contributed by atoms with Crippen molar-refractivity contribution in [2.75, 3.05) is 23.4 Å². The normalized spacial score (nSPS) is 12.7. The summed E-state index contributed by atoms with van der Waals surface area (Å²) in [6, 6.07) is 19.3. The predicted molar refractivity (Wildman–Crippen MR) is 95.4 cm³/mol. The Morgan fingerprint density at radius 2 is 1.88 bits per heavy atom. The van der Waals surface area contributed by atoms with Crippen molar-refractivity contribution in [1.29, 1.82) is 5.26 Å². The standard InChI is InChI=1S/C19H15N5O/c20-12-14-6-8-15(9-7-14)22-19-21-13-17-18(23-19)24(10-11-25-17)16-4-2-1-3-5-16/h1-9,13H,10-11H2,(H,21,22,23). The van der Waals surface area contributed by atoms with Crippen LogP contribution in [0, 0.1) is 11.3 Å². The molecule has 0 spiro atoms. The van der Waals surface area contributed by atoms with Crippen LogP contribution in [-0.4, -0.2) is 23.1 Å². The fourth-order valence-corrected chi connectivity index (χ4v) is 2.69. The number of hydrogen-bond donors (Lipinski definition) is 1. The Bertz CT molecular complexity index is 919. The molecule has 0 radical (unpaired) electrons. The Morgan fingerprint density at radius 3 is 2.64 bits per heavy atom. The van der Waals surface area contributed by atoms with Gasteiger partial charge in [-0.25, -0.2) is 4.98 Å². The topological polar surface area (TPSA) is 74.1 Å². The molecule has 3 aromatic rings. The lowest BCUT2D eigenvalue weighted by Gasteiger charge is -2.30. The molecule has 122 valence electrons. The van der Waals surface area contributed by atoms with Crippen LogP contribution in [0.25, 0.3) is 0 Å². The number of fused-ring (bicyclic) bond motifs is 1. The molecule has 2 aromatic carbocycles. The zero-order valence-corrected chi connectivity index (χ0v) is 13.4. The maximum absolute atomic E-state index is 8.87. The highest BCUT2D eigenvalue weighted by Crippen LogP contribution is 2.35. The predicted octanol–water partition coefficient (Wildman–Crippen LogP) is 3.62. The highest BCUT2D eigenvalue weighted by atomic mass is 16.5. The second-order valence-corrected chi connectivity index (χ2v) is 5.53. The number of rotatable bonds is 3. The number of anilines is 4. The highest BCUT2D eigenvalue weighted by Gasteiger charge is 2.22. The molecule has 0 amide bonds. The smallest absolute Gasteiger partial charge is 0.229 e. The van der Waals surface area contributed by atoms with Crippen LogP contribution in [-0.2, 0) is 0 Å². The Hall–Kier alpha value is -3.59. The Morgan fingerprint density at radius 1 is 1.08 bits per heavy atom. The fraction of sp³-hybridized carbons (Fsp3) is 0.105. The summed E-state index contributed by atoms with van der Waals surface area (Å²) in [5, 5.41) is 12.0. The van der Waals surface area contributed by atoms with Crippen LogP contribution in [0.15, 0.2) is 60.8 Å². The summed E-state index contributed by atoms with van der Waals surface area (Å²) in [5.41, 5.74) is 2.50. The van der Waals surface area contributed by atoms with Gasteiger partial charge in [-0.15, -0.1) is 0 Å². The molecule has 0 saturated heterocycles. The maximum atomic E-state index is 8.87. The fourth-order valence-electron chi connectivity index (χ4n) is 2.69. The molecule has 0 saturated carbocycles. The summed E-state index contributed by atoms with van der Waals surface area (Å²) >= 11 is 0. The van der Waals surface area contributed by atoms with Crippen LogP contribution in [0.2, 0.25) is 0 Å². The lowest BCUT2D eigenvalue weighted by Crippen LogP contribution is -2.29. The third-order valence-electron chi connectivity index (χ3n) is 3.90. The number of nitrogens with one attached hydrogen (secondary N) is 1. The molecule has 6 heteroatoms. The molecular formula is C19H15N5O. The first kappa shape index (κ1) is 15.0. The van der Waals surface area contributed by atoms with Crippen LogP contribution in [0.3, 0.4) is 0 Å². The molecule has 25 heavy (non-hydrogen) atoms. The molecule has 4 rings (SSSR count).